The Labute approximate surface area is 771 Å². The lowest BCUT2D eigenvalue weighted by atomic mass is 9.91. The molecule has 44 heteroatoms. The first-order valence-electron chi connectivity index (χ1n) is 44.2. The Bertz CT molecular complexity index is 5200. The summed E-state index contributed by atoms with van der Waals surface area (Å²) in [6, 6.07) is -2.44. The molecule has 17 amide bonds. The molecule has 3 aromatic heterocycles. The number of thioether (sulfide) groups is 1. The number of hydrogen-bond acceptors (Lipinski definition) is 23. The van der Waals surface area contributed by atoms with Gasteiger partial charge in [-0.1, -0.05) is 89.1 Å². The number of fused-ring (bicyclic) bond motifs is 4. The molecule has 0 spiro atoms. The van der Waals surface area contributed by atoms with E-state index in [0.717, 1.165) is 36.3 Å². The van der Waals surface area contributed by atoms with Crippen LogP contribution in [-0.4, -0.2) is 316 Å². The number of aromatic nitrogens is 4. The first kappa shape index (κ1) is 103. The van der Waals surface area contributed by atoms with Crippen molar-refractivity contribution in [3.05, 3.63) is 120 Å². The zero-order chi connectivity index (χ0) is 97.4. The number of nitrogens with two attached hydrogens (primary N) is 3. The van der Waals surface area contributed by atoms with Gasteiger partial charge in [-0.15, -0.1) is 11.8 Å². The predicted molar refractivity (Wildman–Crippen MR) is 485 cm³/mol. The highest BCUT2D eigenvalue weighted by Gasteiger charge is 2.47. The van der Waals surface area contributed by atoms with Crippen molar-refractivity contribution in [1.82, 2.24) is 97.6 Å². The molecular weight excluding hydrogens is 1750 g/mol. The maximum Gasteiger partial charge on any atom is 0.303 e. The van der Waals surface area contributed by atoms with Crippen LogP contribution in [0.4, 0.5) is 0 Å². The van der Waals surface area contributed by atoms with E-state index >= 15 is 38.4 Å². The van der Waals surface area contributed by atoms with Crippen molar-refractivity contribution in [2.45, 2.75) is 228 Å². The second kappa shape index (κ2) is 48.0. The van der Waals surface area contributed by atoms with Gasteiger partial charge in [0.05, 0.1) is 36.8 Å². The van der Waals surface area contributed by atoms with E-state index in [1.807, 2.05) is 0 Å². The summed E-state index contributed by atoms with van der Waals surface area (Å²) >= 11 is 0.784. The molecule has 0 radical (unpaired) electrons. The number of para-hydroxylation sites is 2. The maximum atomic E-state index is 15.5. The number of hydrogen-bond donors (Lipinski definition) is 19. The van der Waals surface area contributed by atoms with Gasteiger partial charge in [0.25, 0.3) is 0 Å². The fourth-order valence-corrected chi connectivity index (χ4v) is 17.3. The van der Waals surface area contributed by atoms with Crippen LogP contribution >= 0.6 is 11.8 Å². The number of carbonyl (C=O) groups is 18. The molecule has 3 aromatic carbocycles. The Balaban J connectivity index is 1.09. The third-order valence-electron chi connectivity index (χ3n) is 24.1. The third-order valence-corrected chi connectivity index (χ3v) is 25.1. The number of carboxylic acids is 1. The van der Waals surface area contributed by atoms with Crippen LogP contribution in [0.15, 0.2) is 97.7 Å². The molecule has 3 aliphatic heterocycles. The number of aliphatic hydroxyl groups excluding tert-OH is 1. The van der Waals surface area contributed by atoms with E-state index in [0.29, 0.717) is 44.9 Å². The van der Waals surface area contributed by atoms with Gasteiger partial charge in [0.1, 0.15) is 90.3 Å². The van der Waals surface area contributed by atoms with Crippen LogP contribution in [0.1, 0.15) is 140 Å². The normalized spacial score (nSPS) is 25.2. The summed E-state index contributed by atoms with van der Waals surface area (Å²) in [5.41, 5.74) is 20.2. The standard InChI is InChI=1S/C89H122N22O21S/c1-10-11-21-68-81(124)104-66(37-71(91)114)89(132)110-31-16-22-69(110)82(125)102-63(35-52-39-93-45-97-52)80(123)100-61(27-28-74(117)118)88(131)111-42-54(113)36-70(111)83(126)106-75(47(4)57-40-95-59-20-15-13-18-56(57)59)84(127)99-60(29-30-90)78(121)103-65(34-51-38-94-58-19-14-12-17-55(51)58)86(129)108(8)49(6)85(128)107(7)48(5)76(119)101-62(32-46(2)3)79(122)105-67(77(120)96-41-72(92)115)43-133-44-73(116)98-64(87(130)109(68)9)33-50-23-25-53(112)26-24-50/h12-15,17-20,23-26,38-40,45-49,54,60-70,75,94-95,112-113H,10-11,16,21-22,27-37,41-44,90H2,1-9H3,(H2,91,114)(H2,92,115)(H,93,97)(H,96,120)(H,98,116)(H,99,127)(H,100,123)(H,101,119)(H,102,125)(H,103,121)(H,104,124)(H,105,122)(H,106,126)(H,117,118)/t47-,48-,49-,54+,60-,61-,62-,63-,64-,65-,66-,67-,68-,69-,70-,75-/m0/s1. The lowest BCUT2D eigenvalue weighted by Gasteiger charge is -2.34. The van der Waals surface area contributed by atoms with Crippen LogP contribution in [0, 0.1) is 5.92 Å². The molecule has 720 valence electrons. The molecule has 16 atom stereocenters. The zero-order valence-corrected chi connectivity index (χ0v) is 76.5. The quantitative estimate of drug-likeness (QED) is 0.0313. The first-order chi connectivity index (χ1) is 63.2. The second-order valence-electron chi connectivity index (χ2n) is 34.3. The average Bonchev–Trinajstić information content (AvgIpc) is 1.67. The molecule has 6 heterocycles. The van der Waals surface area contributed by atoms with Crippen molar-refractivity contribution in [3.63, 3.8) is 0 Å². The van der Waals surface area contributed by atoms with E-state index < -0.39 is 260 Å². The smallest absolute Gasteiger partial charge is 0.303 e. The zero-order valence-electron chi connectivity index (χ0n) is 75.7. The molecule has 0 aliphatic carbocycles. The number of primary amides is 2. The number of aromatic amines is 3. The summed E-state index contributed by atoms with van der Waals surface area (Å²) in [5.74, 6) is -20.2. The van der Waals surface area contributed by atoms with Gasteiger partial charge in [-0.25, -0.2) is 4.98 Å². The molecule has 0 unspecified atom stereocenters. The number of rotatable bonds is 23. The van der Waals surface area contributed by atoms with Gasteiger partial charge in [-0.05, 0) is 106 Å². The minimum Gasteiger partial charge on any atom is -0.508 e. The number of aliphatic carboxylic acids is 1. The number of aliphatic hydroxyl groups is 1. The Morgan fingerprint density at radius 2 is 1.17 bits per heavy atom. The minimum absolute atomic E-state index is 0.0645. The molecule has 133 heavy (non-hydrogen) atoms. The number of nitrogens with zero attached hydrogens (tertiary/aromatic N) is 6. The van der Waals surface area contributed by atoms with Gasteiger partial charge >= 0.3 is 5.97 Å². The van der Waals surface area contributed by atoms with E-state index in [1.54, 1.807) is 88.6 Å². The summed E-state index contributed by atoms with van der Waals surface area (Å²) in [7, 11) is 3.83. The van der Waals surface area contributed by atoms with Crippen LogP contribution in [-0.2, 0) is 106 Å². The molecule has 22 N–H and O–H groups in total. The number of aromatic hydroxyl groups is 1. The van der Waals surface area contributed by atoms with Crippen LogP contribution in [0.5, 0.6) is 5.75 Å². The van der Waals surface area contributed by atoms with Crippen LogP contribution in [0.2, 0.25) is 0 Å². The summed E-state index contributed by atoms with van der Waals surface area (Å²) < 4.78 is 0. The largest absolute Gasteiger partial charge is 0.508 e. The van der Waals surface area contributed by atoms with Gasteiger partial charge in [0, 0.05) is 118 Å². The highest BCUT2D eigenvalue weighted by Crippen LogP contribution is 2.31. The van der Waals surface area contributed by atoms with E-state index in [1.165, 1.54) is 71.8 Å². The number of carboxylic acid groups (broad SMARTS) is 1. The third kappa shape index (κ3) is 27.8. The first-order valence-corrected chi connectivity index (χ1v) is 45.4. The van der Waals surface area contributed by atoms with Crippen LogP contribution in [0.25, 0.3) is 21.8 Å². The molecule has 43 nitrogen and oxygen atoms in total. The Morgan fingerprint density at radius 1 is 0.579 bits per heavy atom. The minimum atomic E-state index is -1.84. The van der Waals surface area contributed by atoms with Gasteiger partial charge in [-0.2, -0.15) is 0 Å². The number of nitrogens with one attached hydrogen (secondary N) is 13. The monoisotopic (exact) mass is 1870 g/mol. The number of imidazole rings is 1. The van der Waals surface area contributed by atoms with Gasteiger partial charge < -0.3 is 125 Å². The lowest BCUT2D eigenvalue weighted by Crippen LogP contribution is -2.61. The summed E-state index contributed by atoms with van der Waals surface area (Å²) in [6.45, 7) is 7.87. The molecule has 3 aliphatic rings. The van der Waals surface area contributed by atoms with E-state index in [9.17, 15) is 63.3 Å². The van der Waals surface area contributed by atoms with E-state index in [-0.39, 0.29) is 81.8 Å². The second-order valence-corrected chi connectivity index (χ2v) is 35.3. The predicted octanol–water partition coefficient (Wildman–Crippen LogP) is -2.58. The number of unbranched alkanes of at least 4 members (excludes halogenated alkanes) is 1. The molecule has 6 aromatic rings. The highest BCUT2D eigenvalue weighted by atomic mass is 32.2. The van der Waals surface area contributed by atoms with E-state index in [2.05, 4.69) is 73.1 Å². The Hall–Kier alpha value is -13.5. The van der Waals surface area contributed by atoms with Crippen molar-refractivity contribution in [2.24, 2.45) is 23.1 Å². The average molecular weight is 1870 g/mol. The number of H-pyrrole nitrogens is 3. The van der Waals surface area contributed by atoms with Crippen molar-refractivity contribution in [1.29, 1.82) is 0 Å². The van der Waals surface area contributed by atoms with Crippen LogP contribution in [0.3, 0.4) is 0 Å². The number of benzene rings is 3. The van der Waals surface area contributed by atoms with Crippen molar-refractivity contribution in [3.8, 4) is 5.75 Å². The molecule has 0 saturated carbocycles. The molecule has 3 fully saturated rings. The lowest BCUT2D eigenvalue weighted by molar-refractivity contribution is -0.148. The van der Waals surface area contributed by atoms with Gasteiger partial charge in [0.2, 0.25) is 100 Å². The molecular formula is C89H122N22O21S. The topological polar surface area (TPSA) is 643 Å². The molecule has 0 bridgehead atoms. The van der Waals surface area contributed by atoms with Gasteiger partial charge in [-0.3, -0.25) is 86.3 Å². The number of amides is 17. The number of carbonyl (C=O) groups excluding carboxylic acids is 17. The van der Waals surface area contributed by atoms with Crippen molar-refractivity contribution < 1.29 is 102 Å². The Kier molecular flexibility index (Phi) is 37.3. The maximum absolute atomic E-state index is 15.5. The fraction of sp³-hybridized carbons (Fsp3) is 0.517. The van der Waals surface area contributed by atoms with Crippen molar-refractivity contribution >= 4 is 140 Å². The summed E-state index contributed by atoms with van der Waals surface area (Å²) in [5, 5.41) is 59.5. The molecule has 9 rings (SSSR count). The number of phenolic OH excluding ortho intramolecular Hbond substituents is 1. The van der Waals surface area contributed by atoms with E-state index in [4.69, 9.17) is 17.2 Å². The van der Waals surface area contributed by atoms with Gasteiger partial charge in [0.15, 0.2) is 0 Å². The number of likely N-dealkylation sites (N-methyl/N-ethyl adjacent to an activating group) is 3. The van der Waals surface area contributed by atoms with Crippen LogP contribution < -0.4 is 70.4 Å². The fourth-order valence-electron chi connectivity index (χ4n) is 16.5. The summed E-state index contributed by atoms with van der Waals surface area (Å²) in [4.78, 5) is 280. The summed E-state index contributed by atoms with van der Waals surface area (Å²) in [6.07, 6.45) is 1.11. The van der Waals surface area contributed by atoms with Crippen molar-refractivity contribution in [2.75, 3.05) is 58.8 Å². The Morgan fingerprint density at radius 3 is 1.83 bits per heavy atom. The highest BCUT2D eigenvalue weighted by molar-refractivity contribution is 8.00. The SMILES string of the molecule is CCCC[C@H]1C(=O)N[C@@H](CC(N)=O)C(=O)N2CCC[C@H]2C(=O)N[C@@H](Cc2c[nH]cn2)C(=O)N[C@@H](CCC(=O)O)C(=O)N2C[C@H](O)C[C@H]2C(=O)N[C@@H]([C@@H](C)c2c[nH]c3ccccc23)C(=O)N[C@@H](CCN)C(=O)N[C@@H](Cc2c[nH]c3ccccc23)C(=O)N(C)[C@@H](C)C(=O)N(C)[C@@H](C)C(=O)N[C@@H](CC(C)C)C(=O)N[C@H](C(=O)NCC(N)=O)CSCC(=O)N[C@@H](Cc2ccc(O)cc2)C(=O)N1C. The molecule has 3 saturated heterocycles. The number of phenols is 1.